The molecule has 0 aliphatic heterocycles. The molecule has 4 heteroatoms. The van der Waals surface area contributed by atoms with E-state index in [4.69, 9.17) is 28.9 Å². The van der Waals surface area contributed by atoms with Crippen LogP contribution in [0.3, 0.4) is 0 Å². The van der Waals surface area contributed by atoms with Crippen LogP contribution in [-0.4, -0.2) is 4.98 Å². The molecule has 0 amide bonds. The number of halogens is 2. The van der Waals surface area contributed by atoms with Crippen LogP contribution in [0.15, 0.2) is 6.20 Å². The lowest BCUT2D eigenvalue weighted by atomic mass is 10.2. The molecule has 1 heterocycles. The summed E-state index contributed by atoms with van der Waals surface area (Å²) in [6.45, 7) is 2.21. The van der Waals surface area contributed by atoms with Crippen LogP contribution >= 0.6 is 23.2 Å². The van der Waals surface area contributed by atoms with Crippen molar-refractivity contribution in [2.75, 3.05) is 0 Å². The average molecular weight is 191 g/mol. The first-order valence-corrected chi connectivity index (χ1v) is 3.92. The van der Waals surface area contributed by atoms with Crippen LogP contribution in [-0.2, 0) is 6.54 Å². The minimum absolute atomic E-state index is 0.393. The Balaban J connectivity index is 3.25. The van der Waals surface area contributed by atoms with E-state index in [0.29, 0.717) is 16.7 Å². The molecule has 1 rings (SSSR count). The zero-order valence-electron chi connectivity index (χ0n) is 6.06. The second kappa shape index (κ2) is 3.39. The summed E-state index contributed by atoms with van der Waals surface area (Å²) in [5.41, 5.74) is 7.02. The van der Waals surface area contributed by atoms with Gasteiger partial charge in [-0.3, -0.25) is 0 Å². The molecule has 0 fully saturated rings. The highest BCUT2D eigenvalue weighted by atomic mass is 35.5. The highest BCUT2D eigenvalue weighted by Gasteiger charge is 2.05. The Morgan fingerprint density at radius 3 is 2.73 bits per heavy atom. The zero-order valence-corrected chi connectivity index (χ0v) is 7.58. The minimum atomic E-state index is 0.393. The third-order valence-corrected chi connectivity index (χ3v) is 2.38. The van der Waals surface area contributed by atoms with E-state index in [1.807, 2.05) is 6.92 Å². The first-order valence-electron chi connectivity index (χ1n) is 3.16. The predicted octanol–water partition coefficient (Wildman–Crippen LogP) is 2.16. The van der Waals surface area contributed by atoms with E-state index in [-0.39, 0.29) is 0 Å². The molecule has 0 aliphatic rings. The molecule has 2 nitrogen and oxygen atoms in total. The number of pyridine rings is 1. The topological polar surface area (TPSA) is 38.9 Å². The van der Waals surface area contributed by atoms with Gasteiger partial charge < -0.3 is 5.73 Å². The van der Waals surface area contributed by atoms with Gasteiger partial charge in [-0.1, -0.05) is 23.2 Å². The Morgan fingerprint density at radius 2 is 2.18 bits per heavy atom. The summed E-state index contributed by atoms with van der Waals surface area (Å²) >= 11 is 11.6. The monoisotopic (exact) mass is 190 g/mol. The number of nitrogens with zero attached hydrogens (tertiary/aromatic N) is 1. The summed E-state index contributed by atoms with van der Waals surface area (Å²) < 4.78 is 0. The molecule has 0 radical (unpaired) electrons. The van der Waals surface area contributed by atoms with Gasteiger partial charge in [0.25, 0.3) is 0 Å². The van der Waals surface area contributed by atoms with Crippen molar-refractivity contribution in [2.45, 2.75) is 13.5 Å². The molecule has 1 aromatic heterocycles. The molecule has 11 heavy (non-hydrogen) atoms. The molecule has 1 aromatic rings. The molecule has 0 aliphatic carbocycles. The Bertz CT molecular complexity index is 273. The summed E-state index contributed by atoms with van der Waals surface area (Å²) in [6.07, 6.45) is 1.59. The summed E-state index contributed by atoms with van der Waals surface area (Å²) in [5.74, 6) is 0. The van der Waals surface area contributed by atoms with Gasteiger partial charge in [-0.05, 0) is 6.92 Å². The zero-order chi connectivity index (χ0) is 8.43. The number of aromatic nitrogens is 1. The molecule has 0 atom stereocenters. The number of hydrogen-bond donors (Lipinski definition) is 1. The average Bonchev–Trinajstić information content (AvgIpc) is 2.01. The van der Waals surface area contributed by atoms with Crippen LogP contribution < -0.4 is 5.73 Å². The highest BCUT2D eigenvalue weighted by Crippen LogP contribution is 2.24. The Hall–Kier alpha value is -0.310. The van der Waals surface area contributed by atoms with Gasteiger partial charge in [-0.25, -0.2) is 4.98 Å². The van der Waals surface area contributed by atoms with E-state index in [9.17, 15) is 0 Å². The van der Waals surface area contributed by atoms with E-state index < -0.39 is 0 Å². The largest absolute Gasteiger partial charge is 0.326 e. The molecule has 2 N–H and O–H groups in total. The van der Waals surface area contributed by atoms with E-state index in [1.165, 1.54) is 0 Å². The van der Waals surface area contributed by atoms with Crippen molar-refractivity contribution in [3.8, 4) is 0 Å². The Kier molecular flexibility index (Phi) is 2.71. The molecule has 0 spiro atoms. The standard InChI is InChI=1S/C7H8Cl2N2/c1-4-6(8)5(2-10)3-11-7(4)9/h3H,2,10H2,1H3. The fraction of sp³-hybridized carbons (Fsp3) is 0.286. The summed E-state index contributed by atoms with van der Waals surface area (Å²) in [4.78, 5) is 3.91. The fourth-order valence-electron chi connectivity index (χ4n) is 0.762. The Morgan fingerprint density at radius 1 is 1.55 bits per heavy atom. The smallest absolute Gasteiger partial charge is 0.133 e. The van der Waals surface area contributed by atoms with Crippen molar-refractivity contribution < 1.29 is 0 Å². The van der Waals surface area contributed by atoms with Crippen molar-refractivity contribution in [3.63, 3.8) is 0 Å². The first-order chi connectivity index (χ1) is 5.16. The van der Waals surface area contributed by atoms with Gasteiger partial charge in [-0.2, -0.15) is 0 Å². The maximum Gasteiger partial charge on any atom is 0.133 e. The van der Waals surface area contributed by atoms with Crippen molar-refractivity contribution >= 4 is 23.2 Å². The second-order valence-corrected chi connectivity index (χ2v) is 2.95. The SMILES string of the molecule is Cc1c(Cl)ncc(CN)c1Cl. The second-order valence-electron chi connectivity index (χ2n) is 2.22. The highest BCUT2D eigenvalue weighted by molar-refractivity contribution is 6.35. The third-order valence-electron chi connectivity index (χ3n) is 1.47. The van der Waals surface area contributed by atoms with Gasteiger partial charge in [0, 0.05) is 23.9 Å². The van der Waals surface area contributed by atoms with Gasteiger partial charge in [0.15, 0.2) is 0 Å². The number of hydrogen-bond acceptors (Lipinski definition) is 2. The quantitative estimate of drug-likeness (QED) is 0.690. The number of rotatable bonds is 1. The van der Waals surface area contributed by atoms with Crippen LogP contribution in [0.2, 0.25) is 10.2 Å². The van der Waals surface area contributed by atoms with Gasteiger partial charge in [0.2, 0.25) is 0 Å². The lowest BCUT2D eigenvalue weighted by Crippen LogP contribution is -1.99. The van der Waals surface area contributed by atoms with E-state index in [2.05, 4.69) is 4.98 Å². The van der Waals surface area contributed by atoms with Crippen LogP contribution in [0.25, 0.3) is 0 Å². The lowest BCUT2D eigenvalue weighted by molar-refractivity contribution is 1.04. The third kappa shape index (κ3) is 1.64. The van der Waals surface area contributed by atoms with Crippen LogP contribution in [0.5, 0.6) is 0 Å². The Labute approximate surface area is 75.3 Å². The van der Waals surface area contributed by atoms with Gasteiger partial charge in [-0.15, -0.1) is 0 Å². The lowest BCUT2D eigenvalue weighted by Gasteiger charge is -2.04. The molecule has 0 unspecified atom stereocenters. The van der Waals surface area contributed by atoms with Crippen molar-refractivity contribution in [1.82, 2.24) is 4.98 Å². The number of nitrogens with two attached hydrogens (primary N) is 1. The van der Waals surface area contributed by atoms with E-state index in [1.54, 1.807) is 6.20 Å². The molecule has 60 valence electrons. The predicted molar refractivity (Wildman–Crippen MR) is 46.9 cm³/mol. The molecule has 0 bridgehead atoms. The normalized spacial score (nSPS) is 10.2. The minimum Gasteiger partial charge on any atom is -0.326 e. The van der Waals surface area contributed by atoms with Crippen molar-refractivity contribution in [2.24, 2.45) is 5.73 Å². The van der Waals surface area contributed by atoms with Crippen LogP contribution in [0, 0.1) is 6.92 Å². The van der Waals surface area contributed by atoms with Crippen molar-refractivity contribution in [3.05, 3.63) is 27.5 Å². The fourth-order valence-corrected chi connectivity index (χ4v) is 1.17. The molecular weight excluding hydrogens is 183 g/mol. The molecule has 0 saturated carbocycles. The molecule has 0 aromatic carbocycles. The molecular formula is C7H8Cl2N2. The van der Waals surface area contributed by atoms with E-state index in [0.717, 1.165) is 11.1 Å². The van der Waals surface area contributed by atoms with Gasteiger partial charge in [0.1, 0.15) is 5.15 Å². The van der Waals surface area contributed by atoms with Crippen molar-refractivity contribution in [1.29, 1.82) is 0 Å². The van der Waals surface area contributed by atoms with E-state index >= 15 is 0 Å². The maximum absolute atomic E-state index is 5.89. The summed E-state index contributed by atoms with van der Waals surface area (Å²) in [7, 11) is 0. The summed E-state index contributed by atoms with van der Waals surface area (Å²) in [5, 5.41) is 1.06. The first kappa shape index (κ1) is 8.78. The van der Waals surface area contributed by atoms with Gasteiger partial charge in [0.05, 0.1) is 5.02 Å². The molecule has 0 saturated heterocycles. The van der Waals surface area contributed by atoms with Crippen LogP contribution in [0.1, 0.15) is 11.1 Å². The van der Waals surface area contributed by atoms with Gasteiger partial charge >= 0.3 is 0 Å². The van der Waals surface area contributed by atoms with Crippen LogP contribution in [0.4, 0.5) is 0 Å². The summed E-state index contributed by atoms with van der Waals surface area (Å²) in [6, 6.07) is 0. The maximum atomic E-state index is 5.89.